The number of piperidine rings is 1. The second-order valence-electron chi connectivity index (χ2n) is 5.35. The summed E-state index contributed by atoms with van der Waals surface area (Å²) in [7, 11) is 1.65. The van der Waals surface area contributed by atoms with Gasteiger partial charge in [-0.05, 0) is 46.6 Å². The van der Waals surface area contributed by atoms with E-state index in [2.05, 4.69) is 22.4 Å². The Kier molecular flexibility index (Phi) is 3.23. The van der Waals surface area contributed by atoms with Gasteiger partial charge < -0.3 is 14.6 Å². The zero-order chi connectivity index (χ0) is 12.5. The molecule has 96 valence electrons. The van der Waals surface area contributed by atoms with Gasteiger partial charge in [-0.15, -0.1) is 0 Å². The summed E-state index contributed by atoms with van der Waals surface area (Å²) < 4.78 is 10.7. The van der Waals surface area contributed by atoms with Gasteiger partial charge in [0.2, 0.25) is 11.7 Å². The molecule has 1 saturated heterocycles. The highest BCUT2D eigenvalue weighted by atomic mass is 16.5. The van der Waals surface area contributed by atoms with Crippen LogP contribution in [-0.4, -0.2) is 23.8 Å². The number of methoxy groups -OCH3 is 1. The fraction of sp³-hybridized carbons (Fsp3) is 0.833. The van der Waals surface area contributed by atoms with Gasteiger partial charge in [0.05, 0.1) is 5.54 Å². The van der Waals surface area contributed by atoms with Crippen LogP contribution in [0.4, 0.5) is 0 Å². The second-order valence-corrected chi connectivity index (χ2v) is 5.35. The fourth-order valence-corrected chi connectivity index (χ4v) is 2.02. The zero-order valence-electron chi connectivity index (χ0n) is 11.0. The number of rotatable bonds is 3. The molecule has 0 radical (unpaired) electrons. The van der Waals surface area contributed by atoms with Crippen molar-refractivity contribution >= 4 is 0 Å². The van der Waals surface area contributed by atoms with Crippen molar-refractivity contribution in [3.63, 3.8) is 0 Å². The van der Waals surface area contributed by atoms with Gasteiger partial charge in [0.1, 0.15) is 5.60 Å². The smallest absolute Gasteiger partial charge is 0.246 e. The third-order valence-corrected chi connectivity index (χ3v) is 3.57. The highest BCUT2D eigenvalue weighted by molar-refractivity contribution is 5.06. The maximum absolute atomic E-state index is 5.39. The lowest BCUT2D eigenvalue weighted by Gasteiger charge is -2.31. The Morgan fingerprint density at radius 2 is 2.18 bits per heavy atom. The predicted octanol–water partition coefficient (Wildman–Crippen LogP) is 1.94. The highest BCUT2D eigenvalue weighted by Crippen LogP contribution is 2.30. The third kappa shape index (κ3) is 2.35. The summed E-state index contributed by atoms with van der Waals surface area (Å²) in [5.74, 6) is 1.26. The molecule has 2 rings (SSSR count). The van der Waals surface area contributed by atoms with Crippen LogP contribution in [0.3, 0.4) is 0 Å². The minimum absolute atomic E-state index is 0.187. The molecule has 1 unspecified atom stereocenters. The Hall–Kier alpha value is -0.940. The maximum atomic E-state index is 5.39. The van der Waals surface area contributed by atoms with Crippen LogP contribution in [0.25, 0.3) is 0 Å². The van der Waals surface area contributed by atoms with E-state index in [0.717, 1.165) is 13.0 Å². The summed E-state index contributed by atoms with van der Waals surface area (Å²) in [5.41, 5.74) is -0.694. The third-order valence-electron chi connectivity index (χ3n) is 3.57. The summed E-state index contributed by atoms with van der Waals surface area (Å²) in [6.45, 7) is 6.97. The van der Waals surface area contributed by atoms with Crippen LogP contribution >= 0.6 is 0 Å². The number of aromatic nitrogens is 2. The number of ether oxygens (including phenoxy) is 1. The zero-order valence-corrected chi connectivity index (χ0v) is 11.0. The molecule has 1 aromatic heterocycles. The maximum Gasteiger partial charge on any atom is 0.246 e. The number of hydrogen-bond acceptors (Lipinski definition) is 5. The molecular formula is C12H21N3O2. The van der Waals surface area contributed by atoms with Gasteiger partial charge in [-0.25, -0.2) is 0 Å². The molecule has 17 heavy (non-hydrogen) atoms. The van der Waals surface area contributed by atoms with Crippen molar-refractivity contribution in [1.82, 2.24) is 15.5 Å². The van der Waals surface area contributed by atoms with Gasteiger partial charge in [-0.2, -0.15) is 4.98 Å². The summed E-state index contributed by atoms with van der Waals surface area (Å²) in [5, 5.41) is 7.49. The molecule has 0 amide bonds. The molecular weight excluding hydrogens is 218 g/mol. The average molecular weight is 239 g/mol. The van der Waals surface area contributed by atoms with Gasteiger partial charge >= 0.3 is 0 Å². The second kappa shape index (κ2) is 4.38. The van der Waals surface area contributed by atoms with Crippen molar-refractivity contribution < 1.29 is 9.26 Å². The number of nitrogens with zero attached hydrogens (tertiary/aromatic N) is 2. The lowest BCUT2D eigenvalue weighted by Crippen LogP contribution is -2.43. The first-order valence-electron chi connectivity index (χ1n) is 6.13. The molecule has 5 heteroatoms. The predicted molar refractivity (Wildman–Crippen MR) is 63.5 cm³/mol. The van der Waals surface area contributed by atoms with Crippen LogP contribution in [0.1, 0.15) is 51.7 Å². The SMILES string of the molecule is COC(C)(C)c1noc(C2(C)CCCCN2)n1. The molecule has 0 aliphatic carbocycles. The van der Waals surface area contributed by atoms with E-state index < -0.39 is 5.60 Å². The molecule has 1 atom stereocenters. The lowest BCUT2D eigenvalue weighted by molar-refractivity contribution is 0.00973. The van der Waals surface area contributed by atoms with E-state index in [9.17, 15) is 0 Å². The largest absolute Gasteiger partial charge is 0.371 e. The molecule has 0 spiro atoms. The van der Waals surface area contributed by atoms with E-state index in [4.69, 9.17) is 9.26 Å². The Balaban J connectivity index is 2.23. The van der Waals surface area contributed by atoms with Crippen LogP contribution in [0.5, 0.6) is 0 Å². The Labute approximate surface area is 102 Å². The van der Waals surface area contributed by atoms with Crippen molar-refractivity contribution in [2.75, 3.05) is 13.7 Å². The number of hydrogen-bond donors (Lipinski definition) is 1. The minimum atomic E-state index is -0.507. The Bertz CT molecular complexity index is 381. The lowest BCUT2D eigenvalue weighted by atomic mass is 9.91. The summed E-state index contributed by atoms with van der Waals surface area (Å²) in [4.78, 5) is 4.48. The first kappa shape index (κ1) is 12.5. The molecule has 1 N–H and O–H groups in total. The molecule has 1 aliphatic heterocycles. The average Bonchev–Trinajstić information content (AvgIpc) is 2.80. The first-order valence-corrected chi connectivity index (χ1v) is 6.13. The van der Waals surface area contributed by atoms with Crippen molar-refractivity contribution in [3.8, 4) is 0 Å². The standard InChI is InChI=1S/C12H21N3O2/c1-11(2,16-4)9-14-10(17-15-9)12(3)7-5-6-8-13-12/h13H,5-8H2,1-4H3. The van der Waals surface area contributed by atoms with Crippen molar-refractivity contribution in [1.29, 1.82) is 0 Å². The normalized spacial score (nSPS) is 26.1. The van der Waals surface area contributed by atoms with Gasteiger partial charge in [-0.1, -0.05) is 5.16 Å². The van der Waals surface area contributed by atoms with Gasteiger partial charge in [0.15, 0.2) is 0 Å². The fourth-order valence-electron chi connectivity index (χ4n) is 2.02. The van der Waals surface area contributed by atoms with E-state index in [-0.39, 0.29) is 5.54 Å². The summed E-state index contributed by atoms with van der Waals surface area (Å²) in [6.07, 6.45) is 3.43. The number of nitrogens with one attached hydrogen (secondary N) is 1. The molecule has 5 nitrogen and oxygen atoms in total. The van der Waals surface area contributed by atoms with Crippen LogP contribution < -0.4 is 5.32 Å². The Morgan fingerprint density at radius 3 is 2.76 bits per heavy atom. The van der Waals surface area contributed by atoms with Crippen LogP contribution in [0, 0.1) is 0 Å². The van der Waals surface area contributed by atoms with E-state index in [1.807, 2.05) is 13.8 Å². The van der Waals surface area contributed by atoms with Crippen molar-refractivity contribution in [3.05, 3.63) is 11.7 Å². The molecule has 1 fully saturated rings. The molecule has 2 heterocycles. The molecule has 0 bridgehead atoms. The van der Waals surface area contributed by atoms with Crippen LogP contribution in [0.2, 0.25) is 0 Å². The van der Waals surface area contributed by atoms with Crippen molar-refractivity contribution in [2.45, 2.75) is 51.2 Å². The van der Waals surface area contributed by atoms with E-state index >= 15 is 0 Å². The minimum Gasteiger partial charge on any atom is -0.371 e. The summed E-state index contributed by atoms with van der Waals surface area (Å²) in [6, 6.07) is 0. The molecule has 1 aromatic rings. The quantitative estimate of drug-likeness (QED) is 0.873. The molecule has 0 aromatic carbocycles. The molecule has 1 aliphatic rings. The van der Waals surface area contributed by atoms with Gasteiger partial charge in [0, 0.05) is 7.11 Å². The van der Waals surface area contributed by atoms with Crippen molar-refractivity contribution in [2.24, 2.45) is 0 Å². The highest BCUT2D eigenvalue weighted by Gasteiger charge is 2.36. The summed E-state index contributed by atoms with van der Waals surface area (Å²) >= 11 is 0. The Morgan fingerprint density at radius 1 is 1.41 bits per heavy atom. The van der Waals surface area contributed by atoms with Gasteiger partial charge in [-0.3, -0.25) is 0 Å². The first-order chi connectivity index (χ1) is 7.98. The van der Waals surface area contributed by atoms with Crippen LogP contribution in [-0.2, 0) is 15.9 Å². The van der Waals surface area contributed by atoms with E-state index in [1.54, 1.807) is 7.11 Å². The topological polar surface area (TPSA) is 60.2 Å². The van der Waals surface area contributed by atoms with Gasteiger partial charge in [0.25, 0.3) is 0 Å². The monoisotopic (exact) mass is 239 g/mol. The van der Waals surface area contributed by atoms with E-state index in [1.165, 1.54) is 12.8 Å². The van der Waals surface area contributed by atoms with E-state index in [0.29, 0.717) is 11.7 Å². The van der Waals surface area contributed by atoms with Crippen LogP contribution in [0.15, 0.2) is 4.52 Å². The molecule has 0 saturated carbocycles.